The highest BCUT2D eigenvalue weighted by atomic mass is 32.1. The van der Waals surface area contributed by atoms with Crippen LogP contribution in [0.15, 0.2) is 24.3 Å². The number of rotatable bonds is 2. The number of anilines is 1. The fourth-order valence-corrected chi connectivity index (χ4v) is 2.94. The van der Waals surface area contributed by atoms with Crippen LogP contribution >= 0.6 is 12.2 Å². The molecule has 1 aliphatic carbocycles. The molecule has 0 aliphatic heterocycles. The van der Waals surface area contributed by atoms with Crippen LogP contribution in [0.1, 0.15) is 58.4 Å². The molecule has 1 saturated carbocycles. The molecule has 0 bridgehead atoms. The molecule has 0 radical (unpaired) electrons. The molecule has 1 aliphatic rings. The summed E-state index contributed by atoms with van der Waals surface area (Å²) in [6, 6.07) is 9.11. The monoisotopic (exact) mass is 290 g/mol. The Balaban J connectivity index is 1.87. The zero-order chi connectivity index (χ0) is 14.6. The molecule has 2 rings (SSSR count). The standard InChI is InChI=1S/C17H26N2S/c1-17(2,3)13-9-11-15(12-10-13)19-16(20)18-14-7-5-4-6-8-14/h9-12,14H,4-8H2,1-3H3,(H2,18,19,20). The molecule has 20 heavy (non-hydrogen) atoms. The number of thiocarbonyl (C=S) groups is 1. The normalized spacial score (nSPS) is 16.8. The van der Waals surface area contributed by atoms with E-state index in [4.69, 9.17) is 12.2 Å². The predicted molar refractivity (Wildman–Crippen MR) is 91.4 cm³/mol. The molecule has 0 unspecified atom stereocenters. The lowest BCUT2D eigenvalue weighted by molar-refractivity contribution is 0.415. The molecule has 0 amide bonds. The van der Waals surface area contributed by atoms with E-state index in [0.29, 0.717) is 6.04 Å². The zero-order valence-electron chi connectivity index (χ0n) is 12.8. The summed E-state index contributed by atoms with van der Waals surface area (Å²) in [6.45, 7) is 6.68. The van der Waals surface area contributed by atoms with Crippen molar-refractivity contribution in [2.24, 2.45) is 0 Å². The smallest absolute Gasteiger partial charge is 0.170 e. The first-order chi connectivity index (χ1) is 9.45. The maximum Gasteiger partial charge on any atom is 0.170 e. The highest BCUT2D eigenvalue weighted by Crippen LogP contribution is 2.23. The van der Waals surface area contributed by atoms with Crippen molar-refractivity contribution in [3.8, 4) is 0 Å². The lowest BCUT2D eigenvalue weighted by atomic mass is 9.87. The van der Waals surface area contributed by atoms with Gasteiger partial charge in [-0.1, -0.05) is 52.2 Å². The van der Waals surface area contributed by atoms with Crippen LogP contribution in [-0.2, 0) is 5.41 Å². The third-order valence-corrected chi connectivity index (χ3v) is 4.17. The van der Waals surface area contributed by atoms with Gasteiger partial charge in [-0.2, -0.15) is 0 Å². The molecule has 1 aromatic carbocycles. The van der Waals surface area contributed by atoms with Crippen molar-refractivity contribution in [1.82, 2.24) is 5.32 Å². The second-order valence-electron chi connectivity index (χ2n) is 6.76. The average Bonchev–Trinajstić information content (AvgIpc) is 2.39. The zero-order valence-corrected chi connectivity index (χ0v) is 13.6. The van der Waals surface area contributed by atoms with Gasteiger partial charge in [0.15, 0.2) is 5.11 Å². The Morgan fingerprint density at radius 2 is 1.65 bits per heavy atom. The first kappa shape index (κ1) is 15.3. The fraction of sp³-hybridized carbons (Fsp3) is 0.588. The van der Waals surface area contributed by atoms with Crippen LogP contribution < -0.4 is 10.6 Å². The Morgan fingerprint density at radius 1 is 1.05 bits per heavy atom. The molecule has 1 fully saturated rings. The van der Waals surface area contributed by atoms with E-state index in [9.17, 15) is 0 Å². The molecule has 3 heteroatoms. The van der Waals surface area contributed by atoms with Crippen molar-refractivity contribution in [2.45, 2.75) is 64.3 Å². The van der Waals surface area contributed by atoms with E-state index in [1.165, 1.54) is 37.7 Å². The van der Waals surface area contributed by atoms with Crippen molar-refractivity contribution in [2.75, 3.05) is 5.32 Å². The van der Waals surface area contributed by atoms with Crippen molar-refractivity contribution < 1.29 is 0 Å². The molecular formula is C17H26N2S. The molecule has 0 spiro atoms. The number of nitrogens with one attached hydrogen (secondary N) is 2. The van der Waals surface area contributed by atoms with Crippen molar-refractivity contribution in [3.63, 3.8) is 0 Å². The van der Waals surface area contributed by atoms with Gasteiger partial charge in [-0.05, 0) is 48.2 Å². The van der Waals surface area contributed by atoms with Crippen molar-refractivity contribution in [3.05, 3.63) is 29.8 Å². The molecule has 2 nitrogen and oxygen atoms in total. The number of hydrogen-bond acceptors (Lipinski definition) is 1. The third kappa shape index (κ3) is 4.48. The van der Waals surface area contributed by atoms with Crippen LogP contribution in [-0.4, -0.2) is 11.2 Å². The minimum atomic E-state index is 0.194. The average molecular weight is 290 g/mol. The van der Waals surface area contributed by atoms with E-state index < -0.39 is 0 Å². The van der Waals surface area contributed by atoms with Gasteiger partial charge in [0.05, 0.1) is 0 Å². The first-order valence-corrected chi connectivity index (χ1v) is 8.04. The van der Waals surface area contributed by atoms with Crippen LogP contribution in [0.25, 0.3) is 0 Å². The molecule has 0 heterocycles. The van der Waals surface area contributed by atoms with Crippen LogP contribution in [0.3, 0.4) is 0 Å². The quantitative estimate of drug-likeness (QED) is 0.778. The summed E-state index contributed by atoms with van der Waals surface area (Å²) in [5.74, 6) is 0. The SMILES string of the molecule is CC(C)(C)c1ccc(NC(=S)NC2CCCCC2)cc1. The van der Waals surface area contributed by atoms with Gasteiger partial charge < -0.3 is 10.6 Å². The van der Waals surface area contributed by atoms with Gasteiger partial charge in [-0.3, -0.25) is 0 Å². The van der Waals surface area contributed by atoms with Crippen LogP contribution in [0, 0.1) is 0 Å². The van der Waals surface area contributed by atoms with Crippen molar-refractivity contribution >= 4 is 23.0 Å². The Kier molecular flexibility index (Phi) is 5.03. The minimum Gasteiger partial charge on any atom is -0.360 e. The third-order valence-electron chi connectivity index (χ3n) is 3.95. The summed E-state index contributed by atoms with van der Waals surface area (Å²) >= 11 is 5.40. The van der Waals surface area contributed by atoms with E-state index in [1.54, 1.807) is 0 Å². The van der Waals surface area contributed by atoms with Crippen molar-refractivity contribution in [1.29, 1.82) is 0 Å². The predicted octanol–water partition coefficient (Wildman–Crippen LogP) is 4.60. The summed E-state index contributed by atoms with van der Waals surface area (Å²) in [6.07, 6.45) is 6.49. The van der Waals surface area contributed by atoms with E-state index in [0.717, 1.165) is 10.8 Å². The summed E-state index contributed by atoms with van der Waals surface area (Å²) in [5.41, 5.74) is 2.60. The summed E-state index contributed by atoms with van der Waals surface area (Å²) in [5, 5.41) is 7.47. The lowest BCUT2D eigenvalue weighted by Crippen LogP contribution is -2.38. The number of hydrogen-bond donors (Lipinski definition) is 2. The number of benzene rings is 1. The van der Waals surface area contributed by atoms with Crippen LogP contribution in [0.2, 0.25) is 0 Å². The topological polar surface area (TPSA) is 24.1 Å². The van der Waals surface area contributed by atoms with E-state index in [2.05, 4.69) is 55.7 Å². The Labute approximate surface area is 128 Å². The summed E-state index contributed by atoms with van der Waals surface area (Å²) in [4.78, 5) is 0. The second kappa shape index (κ2) is 6.57. The van der Waals surface area contributed by atoms with E-state index >= 15 is 0 Å². The second-order valence-corrected chi connectivity index (χ2v) is 7.17. The Morgan fingerprint density at radius 3 is 2.20 bits per heavy atom. The van der Waals surface area contributed by atoms with Crippen LogP contribution in [0.5, 0.6) is 0 Å². The maximum atomic E-state index is 5.40. The summed E-state index contributed by atoms with van der Waals surface area (Å²) < 4.78 is 0. The van der Waals surface area contributed by atoms with Gasteiger partial charge in [0.25, 0.3) is 0 Å². The van der Waals surface area contributed by atoms with Gasteiger partial charge >= 0.3 is 0 Å². The maximum absolute atomic E-state index is 5.40. The lowest BCUT2D eigenvalue weighted by Gasteiger charge is -2.24. The first-order valence-electron chi connectivity index (χ1n) is 7.63. The van der Waals surface area contributed by atoms with Gasteiger partial charge in [0.2, 0.25) is 0 Å². The van der Waals surface area contributed by atoms with Gasteiger partial charge in [-0.15, -0.1) is 0 Å². The molecule has 1 aromatic rings. The molecule has 0 atom stereocenters. The van der Waals surface area contributed by atoms with Gasteiger partial charge in [0.1, 0.15) is 0 Å². The molecular weight excluding hydrogens is 264 g/mol. The highest BCUT2D eigenvalue weighted by Gasteiger charge is 2.15. The van der Waals surface area contributed by atoms with E-state index in [1.807, 2.05) is 0 Å². The Bertz CT molecular complexity index is 439. The fourth-order valence-electron chi connectivity index (χ4n) is 2.65. The molecule has 0 saturated heterocycles. The Hall–Kier alpha value is -1.09. The van der Waals surface area contributed by atoms with Gasteiger partial charge in [0, 0.05) is 11.7 Å². The molecule has 110 valence electrons. The molecule has 2 N–H and O–H groups in total. The van der Waals surface area contributed by atoms with E-state index in [-0.39, 0.29) is 5.41 Å². The summed E-state index contributed by atoms with van der Waals surface area (Å²) in [7, 11) is 0. The van der Waals surface area contributed by atoms with Gasteiger partial charge in [-0.25, -0.2) is 0 Å². The largest absolute Gasteiger partial charge is 0.360 e. The highest BCUT2D eigenvalue weighted by molar-refractivity contribution is 7.80. The van der Waals surface area contributed by atoms with Crippen LogP contribution in [0.4, 0.5) is 5.69 Å². The molecule has 0 aromatic heterocycles. The minimum absolute atomic E-state index is 0.194.